The zero-order valence-corrected chi connectivity index (χ0v) is 13.4. The lowest BCUT2D eigenvalue weighted by atomic mass is 10.1. The molecule has 0 spiro atoms. The average molecular weight is 363 g/mol. The lowest BCUT2D eigenvalue weighted by Gasteiger charge is -2.07. The van der Waals surface area contributed by atoms with E-state index in [1.54, 1.807) is 0 Å². The second-order valence-corrected chi connectivity index (χ2v) is 5.25. The van der Waals surface area contributed by atoms with E-state index in [2.05, 4.69) is 10.4 Å². The molecule has 1 amide bonds. The molecule has 12 nitrogen and oxygen atoms in total. The first-order valence-corrected chi connectivity index (χ1v) is 7.18. The Morgan fingerprint density at radius 2 is 1.81 bits per heavy atom. The second-order valence-electron chi connectivity index (χ2n) is 5.25. The van der Waals surface area contributed by atoms with Crippen LogP contribution in [0.1, 0.15) is 22.3 Å². The van der Waals surface area contributed by atoms with E-state index in [-0.39, 0.29) is 29.8 Å². The van der Waals surface area contributed by atoms with Crippen LogP contribution in [0, 0.1) is 27.2 Å². The van der Waals surface area contributed by atoms with Crippen LogP contribution in [-0.4, -0.2) is 36.6 Å². The molecule has 0 aliphatic heterocycles. The third kappa shape index (κ3) is 4.17. The van der Waals surface area contributed by atoms with Crippen LogP contribution < -0.4 is 5.32 Å². The van der Waals surface area contributed by atoms with Crippen LogP contribution >= 0.6 is 0 Å². The van der Waals surface area contributed by atoms with Crippen molar-refractivity contribution in [2.24, 2.45) is 0 Å². The lowest BCUT2D eigenvalue weighted by molar-refractivity contribution is -0.395. The summed E-state index contributed by atoms with van der Waals surface area (Å²) in [6, 6.07) is 2.08. The maximum absolute atomic E-state index is 12.0. The van der Waals surface area contributed by atoms with E-state index in [0.717, 1.165) is 18.3 Å². The number of benzene rings is 1. The van der Waals surface area contributed by atoms with Crippen LogP contribution in [0.2, 0.25) is 0 Å². The predicted molar refractivity (Wildman–Crippen MR) is 86.9 cm³/mol. The molecular formula is C14H13N5O7. The number of aryl methyl sites for hydroxylation is 1. The summed E-state index contributed by atoms with van der Waals surface area (Å²) < 4.78 is 1.25. The van der Waals surface area contributed by atoms with Gasteiger partial charge in [0.15, 0.2) is 0 Å². The largest absolute Gasteiger partial charge is 0.478 e. The minimum absolute atomic E-state index is 0.0322. The molecule has 12 heteroatoms. The summed E-state index contributed by atoms with van der Waals surface area (Å²) in [4.78, 5) is 43.2. The molecule has 0 fully saturated rings. The van der Waals surface area contributed by atoms with Gasteiger partial charge in [-0.05, 0) is 6.92 Å². The maximum atomic E-state index is 12.0. The summed E-state index contributed by atoms with van der Waals surface area (Å²) in [7, 11) is 0. The minimum atomic E-state index is -1.15. The standard InChI is InChI=1S/C14H13N5O7/c1-8-11(18(23)24)4-10(5-12(8)19(25)26)16-13(20)2-3-17-7-9(6-15-17)14(21)22/h4-7H,2-3H2,1H3,(H,16,20)(H,21,22). The Labute approximate surface area is 145 Å². The van der Waals surface area contributed by atoms with Gasteiger partial charge in [-0.3, -0.25) is 29.7 Å². The molecule has 0 saturated carbocycles. The Balaban J connectivity index is 2.11. The van der Waals surface area contributed by atoms with Gasteiger partial charge < -0.3 is 10.4 Å². The number of carboxylic acids is 1. The molecule has 136 valence electrons. The van der Waals surface area contributed by atoms with Crippen molar-refractivity contribution in [3.63, 3.8) is 0 Å². The predicted octanol–water partition coefficient (Wildman–Crippen LogP) is 1.73. The molecule has 1 heterocycles. The number of rotatable bonds is 7. The molecule has 0 aliphatic rings. The van der Waals surface area contributed by atoms with Crippen LogP contribution in [-0.2, 0) is 11.3 Å². The lowest BCUT2D eigenvalue weighted by Crippen LogP contribution is -2.15. The minimum Gasteiger partial charge on any atom is -0.478 e. The number of hydrogen-bond acceptors (Lipinski definition) is 7. The molecule has 0 atom stereocenters. The second kappa shape index (κ2) is 7.38. The van der Waals surface area contributed by atoms with E-state index in [1.165, 1.54) is 17.8 Å². The zero-order valence-electron chi connectivity index (χ0n) is 13.4. The highest BCUT2D eigenvalue weighted by Gasteiger charge is 2.23. The van der Waals surface area contributed by atoms with Gasteiger partial charge in [0.1, 0.15) is 5.56 Å². The molecule has 0 bridgehead atoms. The van der Waals surface area contributed by atoms with Gasteiger partial charge in [0.2, 0.25) is 5.91 Å². The van der Waals surface area contributed by atoms with Crippen LogP contribution in [0.4, 0.5) is 17.1 Å². The van der Waals surface area contributed by atoms with E-state index < -0.39 is 33.1 Å². The summed E-state index contributed by atoms with van der Waals surface area (Å²) in [5, 5.41) is 37.0. The van der Waals surface area contributed by atoms with Gasteiger partial charge in [-0.25, -0.2) is 4.79 Å². The Morgan fingerprint density at radius 1 is 1.23 bits per heavy atom. The average Bonchev–Trinajstić information content (AvgIpc) is 3.03. The third-order valence-corrected chi connectivity index (χ3v) is 3.48. The SMILES string of the molecule is Cc1c([N+](=O)[O-])cc(NC(=O)CCn2cc(C(=O)O)cn2)cc1[N+](=O)[O-]. The van der Waals surface area contributed by atoms with Crippen LogP contribution in [0.25, 0.3) is 0 Å². The van der Waals surface area contributed by atoms with Crippen molar-refractivity contribution >= 4 is 28.9 Å². The molecule has 0 radical (unpaired) electrons. The monoisotopic (exact) mass is 363 g/mol. The van der Waals surface area contributed by atoms with E-state index in [9.17, 15) is 29.8 Å². The van der Waals surface area contributed by atoms with Crippen LogP contribution in [0.15, 0.2) is 24.5 Å². The number of carbonyl (C=O) groups is 2. The van der Waals surface area contributed by atoms with Crippen molar-refractivity contribution in [3.8, 4) is 0 Å². The molecule has 26 heavy (non-hydrogen) atoms. The third-order valence-electron chi connectivity index (χ3n) is 3.48. The number of aromatic carboxylic acids is 1. The summed E-state index contributed by atoms with van der Waals surface area (Å²) in [5.41, 5.74) is -1.18. The number of carbonyl (C=O) groups excluding carboxylic acids is 1. The van der Waals surface area contributed by atoms with E-state index in [1.807, 2.05) is 0 Å². The Hall–Kier alpha value is -3.83. The first-order valence-electron chi connectivity index (χ1n) is 7.18. The van der Waals surface area contributed by atoms with Gasteiger partial charge in [-0.2, -0.15) is 5.10 Å². The molecule has 0 saturated heterocycles. The highest BCUT2D eigenvalue weighted by atomic mass is 16.6. The summed E-state index contributed by atoms with van der Waals surface area (Å²) in [5.74, 6) is -1.72. The van der Waals surface area contributed by atoms with Gasteiger partial charge in [0.05, 0.1) is 27.3 Å². The van der Waals surface area contributed by atoms with Crippen LogP contribution in [0.5, 0.6) is 0 Å². The van der Waals surface area contributed by atoms with E-state index >= 15 is 0 Å². The number of nitrogens with one attached hydrogen (secondary N) is 1. The quantitative estimate of drug-likeness (QED) is 0.553. The Morgan fingerprint density at radius 3 is 2.27 bits per heavy atom. The first kappa shape index (κ1) is 18.5. The van der Waals surface area contributed by atoms with Crippen molar-refractivity contribution in [1.29, 1.82) is 0 Å². The van der Waals surface area contributed by atoms with Crippen molar-refractivity contribution < 1.29 is 24.5 Å². The highest BCUT2D eigenvalue weighted by molar-refractivity contribution is 5.91. The van der Waals surface area contributed by atoms with Gasteiger partial charge >= 0.3 is 5.97 Å². The van der Waals surface area contributed by atoms with Gasteiger partial charge in [-0.15, -0.1) is 0 Å². The molecular weight excluding hydrogens is 350 g/mol. The normalized spacial score (nSPS) is 10.3. The fourth-order valence-electron chi connectivity index (χ4n) is 2.17. The number of amides is 1. The summed E-state index contributed by atoms with van der Waals surface area (Å²) in [6.45, 7) is 1.31. The number of nitro groups is 2. The molecule has 1 aromatic heterocycles. The Kier molecular flexibility index (Phi) is 5.25. The molecule has 1 aromatic carbocycles. The molecule has 0 aliphatic carbocycles. The number of hydrogen-bond donors (Lipinski definition) is 2. The topological polar surface area (TPSA) is 170 Å². The molecule has 2 rings (SSSR count). The van der Waals surface area contributed by atoms with E-state index in [0.29, 0.717) is 0 Å². The summed E-state index contributed by atoms with van der Waals surface area (Å²) >= 11 is 0. The Bertz CT molecular complexity index is 870. The fraction of sp³-hybridized carbons (Fsp3) is 0.214. The van der Waals surface area contributed by atoms with Gasteiger partial charge in [-0.1, -0.05) is 0 Å². The van der Waals surface area contributed by atoms with Crippen LogP contribution in [0.3, 0.4) is 0 Å². The van der Waals surface area contributed by atoms with Crippen molar-refractivity contribution in [2.75, 3.05) is 5.32 Å². The van der Waals surface area contributed by atoms with E-state index in [4.69, 9.17) is 5.11 Å². The van der Waals surface area contributed by atoms with Gasteiger partial charge in [0, 0.05) is 31.3 Å². The zero-order chi connectivity index (χ0) is 19.4. The number of nitrogens with zero attached hydrogens (tertiary/aromatic N) is 4. The smallest absolute Gasteiger partial charge is 0.338 e. The summed E-state index contributed by atoms with van der Waals surface area (Å²) in [6.07, 6.45) is 2.26. The van der Waals surface area contributed by atoms with Crippen molar-refractivity contribution in [3.05, 3.63) is 55.9 Å². The molecule has 2 N–H and O–H groups in total. The first-order chi connectivity index (χ1) is 12.2. The molecule has 2 aromatic rings. The number of anilines is 1. The van der Waals surface area contributed by atoms with Crippen molar-refractivity contribution in [1.82, 2.24) is 9.78 Å². The molecule has 0 unspecified atom stereocenters. The number of aromatic nitrogens is 2. The fourth-order valence-corrected chi connectivity index (χ4v) is 2.17. The van der Waals surface area contributed by atoms with Gasteiger partial charge in [0.25, 0.3) is 11.4 Å². The highest BCUT2D eigenvalue weighted by Crippen LogP contribution is 2.31. The number of carboxylic acid groups (broad SMARTS) is 1. The number of nitro benzene ring substituents is 2. The van der Waals surface area contributed by atoms with Crippen molar-refractivity contribution in [2.45, 2.75) is 19.9 Å². The maximum Gasteiger partial charge on any atom is 0.338 e.